The molecule has 19 heavy (non-hydrogen) atoms. The van der Waals surface area contributed by atoms with Crippen molar-refractivity contribution < 1.29 is 23.4 Å². The smallest absolute Gasteiger partial charge is 0.447 e. The molecular formula is C9H17N3O5S2. The zero-order valence-electron chi connectivity index (χ0n) is 11.2. The fourth-order valence-corrected chi connectivity index (χ4v) is 1.79. The monoisotopic (exact) mass is 311 g/mol. The largest absolute Gasteiger partial charge is 0.449 e. The van der Waals surface area contributed by atoms with Gasteiger partial charge in [0.05, 0.1) is 6.61 Å². The number of nitrogens with one attached hydrogen (secondary N) is 1. The predicted octanol–water partition coefficient (Wildman–Crippen LogP) is 0.964. The zero-order chi connectivity index (χ0) is 15.0. The second-order valence-corrected chi connectivity index (χ2v) is 5.21. The summed E-state index contributed by atoms with van der Waals surface area (Å²) < 4.78 is 18.3. The van der Waals surface area contributed by atoms with E-state index >= 15 is 0 Å². The molecule has 0 saturated carbocycles. The summed E-state index contributed by atoms with van der Waals surface area (Å²) in [6.07, 6.45) is -1.72. The molecule has 0 bridgehead atoms. The molecule has 0 aliphatic rings. The van der Waals surface area contributed by atoms with Gasteiger partial charge < -0.3 is 9.57 Å². The number of hydroxylamine groups is 1. The lowest BCUT2D eigenvalue weighted by atomic mass is 10.7. The Hall–Kier alpha value is -1.42. The van der Waals surface area contributed by atoms with Crippen LogP contribution in [0.5, 0.6) is 0 Å². The fourth-order valence-electron chi connectivity index (χ4n) is 0.890. The summed E-state index contributed by atoms with van der Waals surface area (Å²) in [6, 6.07) is 0. The Balaban J connectivity index is 4.63. The Bertz CT molecular complexity index is 377. The van der Waals surface area contributed by atoms with Gasteiger partial charge in [0.2, 0.25) is 11.2 Å². The maximum absolute atomic E-state index is 12.0. The average Bonchev–Trinajstić information content (AvgIpc) is 2.35. The molecule has 0 aromatic carbocycles. The Morgan fingerprint density at radius 2 is 1.89 bits per heavy atom. The van der Waals surface area contributed by atoms with Gasteiger partial charge in [0.25, 0.3) is 0 Å². The highest BCUT2D eigenvalue weighted by Gasteiger charge is 2.27. The molecule has 0 aromatic heterocycles. The summed E-state index contributed by atoms with van der Waals surface area (Å²) in [5.41, 5.74) is 2.16. The number of amides is 2. The molecule has 0 aliphatic carbocycles. The van der Waals surface area contributed by atoms with E-state index in [0.717, 1.165) is 8.61 Å². The number of rotatable bonds is 4. The molecule has 110 valence electrons. The average molecular weight is 311 g/mol. The molecule has 1 atom stereocenters. The summed E-state index contributed by atoms with van der Waals surface area (Å²) in [4.78, 5) is 27.8. The maximum Gasteiger partial charge on any atom is 0.447 e. The molecule has 8 nitrogen and oxygen atoms in total. The fraction of sp³-hybridized carbons (Fsp3) is 0.667. The van der Waals surface area contributed by atoms with Crippen LogP contribution in [0.3, 0.4) is 0 Å². The first-order valence-corrected chi connectivity index (χ1v) is 6.89. The number of nitrogens with zero attached hydrogens (tertiary/aromatic N) is 2. The highest BCUT2D eigenvalue weighted by atomic mass is 32.2. The van der Waals surface area contributed by atoms with Crippen LogP contribution in [0, 0.1) is 0 Å². The van der Waals surface area contributed by atoms with Crippen molar-refractivity contribution in [1.29, 1.82) is 0 Å². The van der Waals surface area contributed by atoms with Crippen LogP contribution < -0.4 is 5.48 Å². The van der Waals surface area contributed by atoms with E-state index < -0.39 is 23.4 Å². The van der Waals surface area contributed by atoms with Crippen LogP contribution in [-0.2, 0) is 20.7 Å². The first kappa shape index (κ1) is 17.6. The van der Waals surface area contributed by atoms with E-state index in [9.17, 15) is 13.8 Å². The van der Waals surface area contributed by atoms with Gasteiger partial charge >= 0.3 is 12.2 Å². The van der Waals surface area contributed by atoms with Crippen LogP contribution >= 0.6 is 12.2 Å². The number of thiocarbonyl (C=S) groups is 1. The van der Waals surface area contributed by atoms with Crippen molar-refractivity contribution in [3.05, 3.63) is 0 Å². The lowest BCUT2D eigenvalue weighted by Gasteiger charge is -2.23. The number of carbonyl (C=O) groups is 2. The Labute approximate surface area is 119 Å². The van der Waals surface area contributed by atoms with Gasteiger partial charge in [-0.3, -0.25) is 0 Å². The quantitative estimate of drug-likeness (QED) is 0.611. The van der Waals surface area contributed by atoms with Crippen molar-refractivity contribution in [3.63, 3.8) is 0 Å². The molecule has 0 aliphatic heterocycles. The molecule has 0 rings (SSSR count). The van der Waals surface area contributed by atoms with E-state index in [2.05, 4.69) is 22.5 Å². The standard InChI is InChI=1S/C9H17N3O5S2/c1-5-12(9(14)16-6-2)19(15)11(4)8(13)17-10-7(3)18/h5-6H2,1-4H3,(H,10,18). The van der Waals surface area contributed by atoms with E-state index in [1.54, 1.807) is 13.8 Å². The van der Waals surface area contributed by atoms with Gasteiger partial charge in [0, 0.05) is 13.6 Å². The molecule has 0 aromatic rings. The van der Waals surface area contributed by atoms with Crippen LogP contribution in [0.4, 0.5) is 9.59 Å². The first-order chi connectivity index (χ1) is 8.84. The Morgan fingerprint density at radius 3 is 2.32 bits per heavy atom. The third kappa shape index (κ3) is 5.83. The zero-order valence-corrected chi connectivity index (χ0v) is 12.8. The maximum atomic E-state index is 12.0. The number of hydrogen-bond donors (Lipinski definition) is 1. The van der Waals surface area contributed by atoms with Crippen LogP contribution in [0.2, 0.25) is 0 Å². The molecule has 0 heterocycles. The summed E-state index contributed by atoms with van der Waals surface area (Å²) in [7, 11) is 1.22. The summed E-state index contributed by atoms with van der Waals surface area (Å²) in [5.74, 6) is 0. The minimum Gasteiger partial charge on any atom is -0.449 e. The van der Waals surface area contributed by atoms with Crippen LogP contribution in [0.1, 0.15) is 20.8 Å². The lowest BCUT2D eigenvalue weighted by Crippen LogP contribution is -2.44. The van der Waals surface area contributed by atoms with Crippen molar-refractivity contribution in [2.24, 2.45) is 0 Å². The Morgan fingerprint density at radius 1 is 1.32 bits per heavy atom. The van der Waals surface area contributed by atoms with Gasteiger partial charge in [-0.15, -0.1) is 0 Å². The van der Waals surface area contributed by atoms with Crippen molar-refractivity contribution in [3.8, 4) is 0 Å². The van der Waals surface area contributed by atoms with Gasteiger partial charge in [0.1, 0.15) is 4.99 Å². The molecular weight excluding hydrogens is 294 g/mol. The van der Waals surface area contributed by atoms with E-state index in [4.69, 9.17) is 4.74 Å². The molecule has 1 N–H and O–H groups in total. The van der Waals surface area contributed by atoms with E-state index in [1.807, 2.05) is 0 Å². The van der Waals surface area contributed by atoms with Gasteiger partial charge in [-0.2, -0.15) is 0 Å². The van der Waals surface area contributed by atoms with Crippen molar-refractivity contribution in [1.82, 2.24) is 14.1 Å². The van der Waals surface area contributed by atoms with E-state index in [0.29, 0.717) is 0 Å². The molecule has 0 radical (unpaired) electrons. The van der Waals surface area contributed by atoms with Crippen LogP contribution in [-0.4, -0.2) is 50.2 Å². The van der Waals surface area contributed by atoms with Gasteiger partial charge in [-0.05, 0) is 20.8 Å². The molecule has 0 spiro atoms. The second-order valence-electron chi connectivity index (χ2n) is 3.15. The topological polar surface area (TPSA) is 88.2 Å². The minimum absolute atomic E-state index is 0.114. The number of hydrogen-bond acceptors (Lipinski definition) is 6. The van der Waals surface area contributed by atoms with Crippen molar-refractivity contribution >= 4 is 40.6 Å². The van der Waals surface area contributed by atoms with Crippen molar-refractivity contribution in [2.75, 3.05) is 20.2 Å². The van der Waals surface area contributed by atoms with Gasteiger partial charge in [-0.1, -0.05) is 12.2 Å². The van der Waals surface area contributed by atoms with Gasteiger partial charge in [-0.25, -0.2) is 27.9 Å². The van der Waals surface area contributed by atoms with E-state index in [1.165, 1.54) is 14.0 Å². The predicted molar refractivity (Wildman–Crippen MR) is 73.2 cm³/mol. The normalized spacial score (nSPS) is 11.2. The third-order valence-electron chi connectivity index (χ3n) is 1.72. The van der Waals surface area contributed by atoms with E-state index in [-0.39, 0.29) is 18.1 Å². The van der Waals surface area contributed by atoms with Crippen LogP contribution in [0.15, 0.2) is 0 Å². The summed E-state index contributed by atoms with van der Waals surface area (Å²) >= 11 is 2.60. The van der Waals surface area contributed by atoms with Crippen molar-refractivity contribution in [2.45, 2.75) is 20.8 Å². The highest BCUT2D eigenvalue weighted by Crippen LogP contribution is 2.05. The first-order valence-electron chi connectivity index (χ1n) is 5.42. The SMILES string of the molecule is CCOC(=O)N(CC)S(=O)N(C)C(=O)ONC(C)=S. The van der Waals surface area contributed by atoms with Gasteiger partial charge in [0.15, 0.2) is 0 Å². The Kier molecular flexibility index (Phi) is 8.00. The van der Waals surface area contributed by atoms with Crippen LogP contribution in [0.25, 0.3) is 0 Å². The number of ether oxygens (including phenoxy) is 1. The lowest BCUT2D eigenvalue weighted by molar-refractivity contribution is 0.105. The summed E-state index contributed by atoms with van der Waals surface area (Å²) in [6.45, 7) is 5.00. The molecule has 10 heteroatoms. The number of carbonyl (C=O) groups excluding carboxylic acids is 2. The highest BCUT2D eigenvalue weighted by molar-refractivity contribution is 7.81. The molecule has 1 unspecified atom stereocenters. The second kappa shape index (κ2) is 8.64. The molecule has 0 fully saturated rings. The minimum atomic E-state index is -2.04. The third-order valence-corrected chi connectivity index (χ3v) is 3.21. The molecule has 2 amide bonds. The summed E-state index contributed by atoms with van der Waals surface area (Å²) in [5, 5.41) is 0. The molecule has 0 saturated heterocycles.